The summed E-state index contributed by atoms with van der Waals surface area (Å²) in [6, 6.07) is 6.77. The minimum absolute atomic E-state index is 0.320. The molecule has 1 aromatic rings. The maximum absolute atomic E-state index is 5.82. The number of aryl methyl sites for hydroxylation is 1. The molecule has 1 aliphatic rings. The number of hydrogen-bond acceptors (Lipinski definition) is 2. The molecule has 0 radical (unpaired) electrons. The monoisotopic (exact) mass is 299 g/mol. The summed E-state index contributed by atoms with van der Waals surface area (Å²) in [7, 11) is 0. The van der Waals surface area contributed by atoms with E-state index in [0.29, 0.717) is 17.7 Å². The summed E-state index contributed by atoms with van der Waals surface area (Å²) in [6.45, 7) is 3.46. The van der Waals surface area contributed by atoms with Crippen LogP contribution in [0.15, 0.2) is 28.8 Å². The van der Waals surface area contributed by atoms with Gasteiger partial charge in [0, 0.05) is 11.6 Å². The van der Waals surface area contributed by atoms with Crippen LogP contribution in [-0.4, -0.2) is 13.2 Å². The summed E-state index contributed by atoms with van der Waals surface area (Å²) in [5, 5.41) is 4.04. The average molecular weight is 300 g/mol. The van der Waals surface area contributed by atoms with Crippen molar-refractivity contribution in [3.63, 3.8) is 0 Å². The summed E-state index contributed by atoms with van der Waals surface area (Å²) in [5.74, 6) is 0.854. The number of rotatable bonds is 5. The fraction of sp³-hybridized carbons (Fsp3) is 0.467. The second-order valence-electron chi connectivity index (χ2n) is 4.71. The van der Waals surface area contributed by atoms with Gasteiger partial charge in [-0.15, -0.1) is 0 Å². The van der Waals surface area contributed by atoms with Crippen molar-refractivity contribution in [2.75, 3.05) is 13.2 Å². The van der Waals surface area contributed by atoms with Crippen molar-refractivity contribution in [3.8, 4) is 5.75 Å². The van der Waals surface area contributed by atoms with Crippen LogP contribution in [0.5, 0.6) is 5.75 Å². The zero-order valence-electron chi connectivity index (χ0n) is 11.1. The molecule has 0 spiro atoms. The van der Waals surface area contributed by atoms with Crippen LogP contribution < -0.4 is 10.1 Å². The minimum atomic E-state index is 0.320. The Hall–Kier alpha value is -0.700. The van der Waals surface area contributed by atoms with Gasteiger partial charge in [0.25, 0.3) is 0 Å². The quantitative estimate of drug-likeness (QED) is 0.871. The molecule has 4 heteroatoms. The molecule has 0 heterocycles. The number of nitrogens with one attached hydrogen (secondary N) is 1. The molecule has 1 aromatic carbocycles. The van der Waals surface area contributed by atoms with E-state index in [1.165, 1.54) is 29.5 Å². The molecule has 0 bridgehead atoms. The lowest BCUT2D eigenvalue weighted by molar-refractivity contribution is 0.357. The summed E-state index contributed by atoms with van der Waals surface area (Å²) < 4.78 is 5.61. The summed E-state index contributed by atoms with van der Waals surface area (Å²) >= 11 is 11.3. The Morgan fingerprint density at radius 2 is 2.37 bits per heavy atom. The van der Waals surface area contributed by atoms with E-state index in [2.05, 4.69) is 24.4 Å². The first kappa shape index (κ1) is 14.7. The standard InChI is InChI=1S/C15H19Cl2NO/c1-2-18-15-5-3-4-11-8-13(6-7-14(11)15)19-10-12(17)9-16/h6-9,15,18H,2-5,10H2,1H3. The van der Waals surface area contributed by atoms with Gasteiger partial charge in [-0.05, 0) is 49.1 Å². The van der Waals surface area contributed by atoms with Gasteiger partial charge in [-0.25, -0.2) is 0 Å². The number of benzene rings is 1. The van der Waals surface area contributed by atoms with Crippen LogP contribution >= 0.6 is 23.2 Å². The van der Waals surface area contributed by atoms with E-state index in [1.54, 1.807) is 0 Å². The largest absolute Gasteiger partial charge is 0.488 e. The molecule has 0 aromatic heterocycles. The molecule has 2 rings (SSSR count). The van der Waals surface area contributed by atoms with Gasteiger partial charge < -0.3 is 10.1 Å². The van der Waals surface area contributed by atoms with Crippen LogP contribution in [0.3, 0.4) is 0 Å². The highest BCUT2D eigenvalue weighted by Crippen LogP contribution is 2.32. The molecule has 2 nitrogen and oxygen atoms in total. The van der Waals surface area contributed by atoms with Crippen LogP contribution in [0, 0.1) is 0 Å². The van der Waals surface area contributed by atoms with E-state index in [9.17, 15) is 0 Å². The first-order valence-corrected chi connectivity index (χ1v) is 7.49. The van der Waals surface area contributed by atoms with Gasteiger partial charge in [0.1, 0.15) is 12.4 Å². The summed E-state index contributed by atoms with van der Waals surface area (Å²) in [6.07, 6.45) is 3.55. The predicted molar refractivity (Wildman–Crippen MR) is 81.1 cm³/mol. The third-order valence-electron chi connectivity index (χ3n) is 3.37. The molecule has 1 N–H and O–H groups in total. The van der Waals surface area contributed by atoms with Gasteiger partial charge in [-0.3, -0.25) is 0 Å². The normalized spacial score (nSPS) is 19.1. The van der Waals surface area contributed by atoms with E-state index in [4.69, 9.17) is 27.9 Å². The van der Waals surface area contributed by atoms with Crippen molar-refractivity contribution in [1.29, 1.82) is 0 Å². The Morgan fingerprint density at radius 3 is 3.11 bits per heavy atom. The Kier molecular flexibility index (Phi) is 5.56. The van der Waals surface area contributed by atoms with Crippen molar-refractivity contribution in [2.24, 2.45) is 0 Å². The highest BCUT2D eigenvalue weighted by atomic mass is 35.5. The van der Waals surface area contributed by atoms with Crippen molar-refractivity contribution < 1.29 is 4.74 Å². The van der Waals surface area contributed by atoms with E-state index in [1.807, 2.05) is 6.07 Å². The average Bonchev–Trinajstić information content (AvgIpc) is 2.45. The van der Waals surface area contributed by atoms with E-state index in [-0.39, 0.29) is 0 Å². The number of halogens is 2. The van der Waals surface area contributed by atoms with Crippen LogP contribution in [0.4, 0.5) is 0 Å². The first-order valence-electron chi connectivity index (χ1n) is 6.68. The molecule has 19 heavy (non-hydrogen) atoms. The molecule has 0 amide bonds. The van der Waals surface area contributed by atoms with Crippen molar-refractivity contribution >= 4 is 23.2 Å². The van der Waals surface area contributed by atoms with Crippen molar-refractivity contribution in [1.82, 2.24) is 5.32 Å². The van der Waals surface area contributed by atoms with Gasteiger partial charge in [0.15, 0.2) is 0 Å². The van der Waals surface area contributed by atoms with Crippen LogP contribution in [0.25, 0.3) is 0 Å². The number of ether oxygens (including phenoxy) is 1. The number of fused-ring (bicyclic) bond motifs is 1. The molecule has 1 aliphatic carbocycles. The Balaban J connectivity index is 2.10. The smallest absolute Gasteiger partial charge is 0.125 e. The third-order valence-corrected chi connectivity index (χ3v) is 3.97. The second-order valence-corrected chi connectivity index (χ2v) is 5.41. The third kappa shape index (κ3) is 3.88. The molecular weight excluding hydrogens is 281 g/mol. The first-order chi connectivity index (χ1) is 9.24. The Morgan fingerprint density at radius 1 is 1.53 bits per heavy atom. The molecule has 1 unspecified atom stereocenters. The molecule has 0 saturated heterocycles. The molecule has 104 valence electrons. The lowest BCUT2D eigenvalue weighted by Crippen LogP contribution is -2.24. The fourth-order valence-corrected chi connectivity index (χ4v) is 2.64. The molecule has 0 fully saturated rings. The summed E-state index contributed by atoms with van der Waals surface area (Å²) in [4.78, 5) is 0. The zero-order chi connectivity index (χ0) is 13.7. The molecule has 0 saturated carbocycles. The SMILES string of the molecule is CCNC1CCCc2cc(OCC(Cl)=CCl)ccc21. The van der Waals surface area contributed by atoms with Crippen LogP contribution in [0.1, 0.15) is 36.9 Å². The molecule has 0 aliphatic heterocycles. The predicted octanol–water partition coefficient (Wildman–Crippen LogP) is 4.37. The van der Waals surface area contributed by atoms with Crippen molar-refractivity contribution in [2.45, 2.75) is 32.2 Å². The van der Waals surface area contributed by atoms with E-state index >= 15 is 0 Å². The minimum Gasteiger partial charge on any atom is -0.488 e. The van der Waals surface area contributed by atoms with E-state index < -0.39 is 0 Å². The van der Waals surface area contributed by atoms with Gasteiger partial charge >= 0.3 is 0 Å². The lowest BCUT2D eigenvalue weighted by Gasteiger charge is -2.26. The maximum atomic E-state index is 5.82. The van der Waals surface area contributed by atoms with Crippen LogP contribution in [0.2, 0.25) is 0 Å². The van der Waals surface area contributed by atoms with Gasteiger partial charge in [0.2, 0.25) is 0 Å². The number of hydrogen-bond donors (Lipinski definition) is 1. The Labute approximate surface area is 124 Å². The highest BCUT2D eigenvalue weighted by Gasteiger charge is 2.19. The van der Waals surface area contributed by atoms with Gasteiger partial charge in [-0.1, -0.05) is 36.2 Å². The maximum Gasteiger partial charge on any atom is 0.125 e. The molecule has 1 atom stereocenters. The van der Waals surface area contributed by atoms with Crippen molar-refractivity contribution in [3.05, 3.63) is 39.9 Å². The van der Waals surface area contributed by atoms with E-state index in [0.717, 1.165) is 18.7 Å². The fourth-order valence-electron chi connectivity index (χ4n) is 2.52. The van der Waals surface area contributed by atoms with Gasteiger partial charge in [-0.2, -0.15) is 0 Å². The molecular formula is C15H19Cl2NO. The lowest BCUT2D eigenvalue weighted by atomic mass is 9.87. The highest BCUT2D eigenvalue weighted by molar-refractivity contribution is 6.36. The Bertz CT molecular complexity index is 459. The van der Waals surface area contributed by atoms with Crippen LogP contribution in [-0.2, 0) is 6.42 Å². The second kappa shape index (κ2) is 7.18. The zero-order valence-corrected chi connectivity index (χ0v) is 12.6. The van der Waals surface area contributed by atoms with Gasteiger partial charge in [0.05, 0.1) is 5.03 Å². The summed E-state index contributed by atoms with van der Waals surface area (Å²) in [5.41, 5.74) is 4.11. The topological polar surface area (TPSA) is 21.3 Å².